The molecule has 2 unspecified atom stereocenters. The molecule has 1 heterocycles. The average molecular weight is 290 g/mol. The van der Waals surface area contributed by atoms with Crippen LogP contribution in [-0.2, 0) is 14.3 Å². The number of rotatable bonds is 5. The standard InChI is InChI=1S/C16H22N2O3/c1-3-21-10-9-18-12(2)11-14(19)17-15(16(18)20)13-7-5-4-6-8-13/h4-8,12,15H,3,9-11H2,1-2H3,(H,17,19). The van der Waals surface area contributed by atoms with Crippen molar-refractivity contribution in [3.05, 3.63) is 35.9 Å². The van der Waals surface area contributed by atoms with Gasteiger partial charge >= 0.3 is 0 Å². The van der Waals surface area contributed by atoms with Gasteiger partial charge in [0.25, 0.3) is 0 Å². The van der Waals surface area contributed by atoms with E-state index in [0.717, 1.165) is 5.56 Å². The van der Waals surface area contributed by atoms with E-state index in [0.29, 0.717) is 26.2 Å². The summed E-state index contributed by atoms with van der Waals surface area (Å²) in [6.07, 6.45) is 0.321. The Labute approximate surface area is 125 Å². The maximum Gasteiger partial charge on any atom is 0.250 e. The molecule has 2 amide bonds. The van der Waals surface area contributed by atoms with Gasteiger partial charge in [0.1, 0.15) is 6.04 Å². The van der Waals surface area contributed by atoms with Crippen molar-refractivity contribution >= 4 is 11.8 Å². The topological polar surface area (TPSA) is 58.6 Å². The molecule has 2 rings (SSSR count). The van der Waals surface area contributed by atoms with Crippen LogP contribution in [0, 0.1) is 0 Å². The molecule has 0 bridgehead atoms. The van der Waals surface area contributed by atoms with Gasteiger partial charge in [-0.15, -0.1) is 0 Å². The summed E-state index contributed by atoms with van der Waals surface area (Å²) in [6.45, 7) is 5.44. The van der Waals surface area contributed by atoms with Crippen molar-refractivity contribution in [2.75, 3.05) is 19.8 Å². The van der Waals surface area contributed by atoms with Crippen LogP contribution in [0.1, 0.15) is 31.9 Å². The van der Waals surface area contributed by atoms with Gasteiger partial charge in [0.2, 0.25) is 11.8 Å². The molecule has 5 nitrogen and oxygen atoms in total. The van der Waals surface area contributed by atoms with Gasteiger partial charge in [0, 0.05) is 25.6 Å². The Hall–Kier alpha value is -1.88. The van der Waals surface area contributed by atoms with Crippen LogP contribution in [0.2, 0.25) is 0 Å². The lowest BCUT2D eigenvalue weighted by Gasteiger charge is -2.28. The van der Waals surface area contributed by atoms with Gasteiger partial charge in [-0.25, -0.2) is 0 Å². The van der Waals surface area contributed by atoms with E-state index in [2.05, 4.69) is 5.32 Å². The summed E-state index contributed by atoms with van der Waals surface area (Å²) in [5, 5.41) is 2.82. The maximum atomic E-state index is 12.8. The van der Waals surface area contributed by atoms with Crippen molar-refractivity contribution < 1.29 is 14.3 Å². The number of ether oxygens (including phenoxy) is 1. The van der Waals surface area contributed by atoms with Crippen LogP contribution in [0.15, 0.2) is 30.3 Å². The number of carbonyl (C=O) groups is 2. The number of amides is 2. The van der Waals surface area contributed by atoms with Crippen LogP contribution in [0.25, 0.3) is 0 Å². The molecule has 0 aromatic heterocycles. The lowest BCUT2D eigenvalue weighted by molar-refractivity contribution is -0.135. The van der Waals surface area contributed by atoms with Crippen LogP contribution in [0.5, 0.6) is 0 Å². The first kappa shape index (κ1) is 15.5. The van der Waals surface area contributed by atoms with Crippen molar-refractivity contribution in [3.8, 4) is 0 Å². The Kier molecular flexibility index (Phi) is 5.33. The molecule has 2 atom stereocenters. The Morgan fingerprint density at radius 2 is 2.00 bits per heavy atom. The SMILES string of the molecule is CCOCCN1C(=O)C(c2ccccc2)NC(=O)CC1C. The van der Waals surface area contributed by atoms with E-state index in [1.165, 1.54) is 0 Å². The molecule has 1 N–H and O–H groups in total. The van der Waals surface area contributed by atoms with E-state index in [-0.39, 0.29) is 17.9 Å². The molecule has 0 saturated carbocycles. The van der Waals surface area contributed by atoms with Gasteiger partial charge in [0.05, 0.1) is 6.61 Å². The molecule has 1 aliphatic rings. The fourth-order valence-electron chi connectivity index (χ4n) is 2.55. The molecule has 21 heavy (non-hydrogen) atoms. The summed E-state index contributed by atoms with van der Waals surface area (Å²) in [5.41, 5.74) is 0.811. The second-order valence-electron chi connectivity index (χ2n) is 5.19. The van der Waals surface area contributed by atoms with Gasteiger partial charge in [-0.2, -0.15) is 0 Å². The van der Waals surface area contributed by atoms with Gasteiger partial charge in [-0.1, -0.05) is 30.3 Å². The molecular formula is C16H22N2O3. The summed E-state index contributed by atoms with van der Waals surface area (Å²) >= 11 is 0. The van der Waals surface area contributed by atoms with Crippen LogP contribution in [0.3, 0.4) is 0 Å². The van der Waals surface area contributed by atoms with Crippen molar-refractivity contribution in [1.29, 1.82) is 0 Å². The molecule has 0 aliphatic carbocycles. The molecule has 0 spiro atoms. The van der Waals surface area contributed by atoms with E-state index in [1.54, 1.807) is 4.90 Å². The van der Waals surface area contributed by atoms with Gasteiger partial charge in [-0.3, -0.25) is 9.59 Å². The minimum absolute atomic E-state index is 0.0701. The van der Waals surface area contributed by atoms with Crippen LogP contribution in [0.4, 0.5) is 0 Å². The van der Waals surface area contributed by atoms with Crippen molar-refractivity contribution in [2.24, 2.45) is 0 Å². The number of carbonyl (C=O) groups excluding carboxylic acids is 2. The van der Waals surface area contributed by atoms with E-state index < -0.39 is 6.04 Å². The largest absolute Gasteiger partial charge is 0.380 e. The lowest BCUT2D eigenvalue weighted by atomic mass is 10.1. The molecule has 5 heteroatoms. The third-order valence-electron chi connectivity index (χ3n) is 3.66. The van der Waals surface area contributed by atoms with E-state index in [1.807, 2.05) is 44.2 Å². The number of benzene rings is 1. The highest BCUT2D eigenvalue weighted by Gasteiger charge is 2.34. The summed E-state index contributed by atoms with van der Waals surface area (Å²) in [4.78, 5) is 26.5. The van der Waals surface area contributed by atoms with Crippen molar-refractivity contribution in [3.63, 3.8) is 0 Å². The van der Waals surface area contributed by atoms with Gasteiger partial charge in [-0.05, 0) is 19.4 Å². The van der Waals surface area contributed by atoms with Crippen LogP contribution in [-0.4, -0.2) is 42.5 Å². The quantitative estimate of drug-likeness (QED) is 0.836. The maximum absolute atomic E-state index is 12.8. The fourth-order valence-corrected chi connectivity index (χ4v) is 2.55. The first-order chi connectivity index (χ1) is 10.1. The minimum Gasteiger partial charge on any atom is -0.380 e. The number of nitrogens with one attached hydrogen (secondary N) is 1. The van der Waals surface area contributed by atoms with Crippen LogP contribution >= 0.6 is 0 Å². The molecule has 1 fully saturated rings. The minimum atomic E-state index is -0.606. The summed E-state index contributed by atoms with van der Waals surface area (Å²) < 4.78 is 5.34. The fraction of sp³-hybridized carbons (Fsp3) is 0.500. The highest BCUT2D eigenvalue weighted by atomic mass is 16.5. The second-order valence-corrected chi connectivity index (χ2v) is 5.19. The Balaban J connectivity index is 2.20. The molecule has 1 aromatic carbocycles. The second kappa shape index (κ2) is 7.22. The zero-order chi connectivity index (χ0) is 15.2. The number of hydrogen-bond donors (Lipinski definition) is 1. The molecule has 1 aromatic rings. The molecule has 1 saturated heterocycles. The monoisotopic (exact) mass is 290 g/mol. The Morgan fingerprint density at radius 1 is 1.29 bits per heavy atom. The third kappa shape index (κ3) is 3.82. The summed E-state index contributed by atoms with van der Waals surface area (Å²) in [7, 11) is 0. The van der Waals surface area contributed by atoms with Crippen molar-refractivity contribution in [2.45, 2.75) is 32.4 Å². The first-order valence-corrected chi connectivity index (χ1v) is 7.36. The zero-order valence-electron chi connectivity index (χ0n) is 12.5. The van der Waals surface area contributed by atoms with E-state index in [9.17, 15) is 9.59 Å². The molecular weight excluding hydrogens is 268 g/mol. The summed E-state index contributed by atoms with van der Waals surface area (Å²) in [5.74, 6) is -0.164. The molecule has 114 valence electrons. The van der Waals surface area contributed by atoms with Crippen molar-refractivity contribution in [1.82, 2.24) is 10.2 Å². The summed E-state index contributed by atoms with van der Waals surface area (Å²) in [6, 6.07) is 8.62. The van der Waals surface area contributed by atoms with Gasteiger partial charge < -0.3 is 15.0 Å². The lowest BCUT2D eigenvalue weighted by Crippen LogP contribution is -2.43. The predicted octanol–water partition coefficient (Wildman–Crippen LogP) is 1.50. The number of nitrogens with zero attached hydrogens (tertiary/aromatic N) is 1. The van der Waals surface area contributed by atoms with E-state index >= 15 is 0 Å². The normalized spacial score (nSPS) is 22.9. The predicted molar refractivity (Wildman–Crippen MR) is 79.6 cm³/mol. The highest BCUT2D eigenvalue weighted by Crippen LogP contribution is 2.21. The van der Waals surface area contributed by atoms with E-state index in [4.69, 9.17) is 4.74 Å². The number of hydrogen-bond acceptors (Lipinski definition) is 3. The Bertz CT molecular complexity index is 490. The molecule has 1 aliphatic heterocycles. The smallest absolute Gasteiger partial charge is 0.250 e. The third-order valence-corrected chi connectivity index (χ3v) is 3.66. The van der Waals surface area contributed by atoms with Crippen LogP contribution < -0.4 is 5.32 Å². The van der Waals surface area contributed by atoms with Gasteiger partial charge in [0.15, 0.2) is 0 Å². The first-order valence-electron chi connectivity index (χ1n) is 7.36. The average Bonchev–Trinajstić information content (AvgIpc) is 2.59. The molecule has 0 radical (unpaired) electrons. The zero-order valence-corrected chi connectivity index (χ0v) is 12.5. The Morgan fingerprint density at radius 3 is 2.67 bits per heavy atom. The highest BCUT2D eigenvalue weighted by molar-refractivity contribution is 5.91.